The average molecular weight is 318 g/mol. The third-order valence-corrected chi connectivity index (χ3v) is 5.99. The molecule has 1 saturated heterocycles. The van der Waals surface area contributed by atoms with Gasteiger partial charge in [-0.3, -0.25) is 9.59 Å². The minimum Gasteiger partial charge on any atom is -0.274 e. The number of allylic oxidation sites excluding steroid dienone is 2. The van der Waals surface area contributed by atoms with Crippen LogP contribution >= 0.6 is 15.9 Å². The van der Waals surface area contributed by atoms with Crippen molar-refractivity contribution >= 4 is 33.4 Å². The largest absolute Gasteiger partial charge is 0.274 e. The van der Waals surface area contributed by atoms with E-state index in [1.54, 1.807) is 0 Å². The van der Waals surface area contributed by atoms with Crippen LogP contribution in [-0.4, -0.2) is 16.1 Å². The van der Waals surface area contributed by atoms with Gasteiger partial charge in [0.2, 0.25) is 5.91 Å². The minimum absolute atomic E-state index is 0.0649. The van der Waals surface area contributed by atoms with Gasteiger partial charge in [0.05, 0.1) is 11.6 Å². The summed E-state index contributed by atoms with van der Waals surface area (Å²) in [5.41, 5.74) is 0.671. The second-order valence-corrected chi connectivity index (χ2v) is 6.76. The smallest absolute Gasteiger partial charge is 0.252 e. The van der Waals surface area contributed by atoms with Gasteiger partial charge in [-0.1, -0.05) is 46.3 Å². The van der Waals surface area contributed by atoms with Crippen LogP contribution in [0.3, 0.4) is 0 Å². The molecule has 2 bridgehead atoms. The zero-order valence-electron chi connectivity index (χ0n) is 10.1. The van der Waals surface area contributed by atoms with Crippen LogP contribution in [0.5, 0.6) is 0 Å². The van der Waals surface area contributed by atoms with Gasteiger partial charge in [-0.15, -0.1) is 0 Å². The summed E-state index contributed by atoms with van der Waals surface area (Å²) >= 11 is 3.61. The molecule has 3 aliphatic rings. The topological polar surface area (TPSA) is 37.4 Å². The van der Waals surface area contributed by atoms with Crippen molar-refractivity contribution in [2.45, 2.75) is 10.7 Å². The summed E-state index contributed by atoms with van der Waals surface area (Å²) < 4.78 is -0.709. The van der Waals surface area contributed by atoms with Crippen molar-refractivity contribution < 1.29 is 9.59 Å². The molecule has 1 saturated carbocycles. The zero-order chi connectivity index (χ0) is 13.2. The highest BCUT2D eigenvalue weighted by atomic mass is 79.9. The van der Waals surface area contributed by atoms with Crippen molar-refractivity contribution in [2.24, 2.45) is 17.8 Å². The molecule has 2 fully saturated rings. The molecule has 3 nitrogen and oxygen atoms in total. The number of alkyl halides is 1. The highest BCUT2D eigenvalue weighted by Crippen LogP contribution is 2.60. The normalized spacial score (nSPS) is 39.2. The molecule has 1 aromatic rings. The molecule has 0 spiro atoms. The lowest BCUT2D eigenvalue weighted by atomic mass is 9.85. The van der Waals surface area contributed by atoms with E-state index in [-0.39, 0.29) is 29.6 Å². The van der Waals surface area contributed by atoms with Crippen LogP contribution in [-0.2, 0) is 9.59 Å². The maximum Gasteiger partial charge on any atom is 0.252 e. The van der Waals surface area contributed by atoms with Gasteiger partial charge in [-0.05, 0) is 24.5 Å². The highest BCUT2D eigenvalue weighted by Gasteiger charge is 2.68. The monoisotopic (exact) mass is 317 g/mol. The Morgan fingerprint density at radius 3 is 2.58 bits per heavy atom. The Morgan fingerprint density at radius 1 is 1.16 bits per heavy atom. The predicted molar refractivity (Wildman–Crippen MR) is 74.8 cm³/mol. The lowest BCUT2D eigenvalue weighted by molar-refractivity contribution is -0.123. The Balaban J connectivity index is 1.83. The standard InChI is InChI=1S/C15H12BrNO2/c16-15-10-7-6-9(8-10)12(15)13(18)17(14(15)19)11-4-2-1-3-5-11/h1-7,9-10,12H,8H2/t9-,10+,12+,15-/m0/s1. The Morgan fingerprint density at radius 2 is 1.89 bits per heavy atom. The first kappa shape index (κ1) is 11.4. The first-order chi connectivity index (χ1) is 9.14. The summed E-state index contributed by atoms with van der Waals surface area (Å²) in [6.45, 7) is 0. The highest BCUT2D eigenvalue weighted by molar-refractivity contribution is 9.10. The fraction of sp³-hybridized carbons (Fsp3) is 0.333. The Kier molecular flexibility index (Phi) is 2.14. The number of anilines is 1. The summed E-state index contributed by atoms with van der Waals surface area (Å²) in [5, 5.41) is 0. The molecule has 4 atom stereocenters. The number of imide groups is 1. The molecule has 0 N–H and O–H groups in total. The Hall–Kier alpha value is -1.42. The van der Waals surface area contributed by atoms with Crippen LogP contribution in [0.25, 0.3) is 0 Å². The number of carbonyl (C=O) groups is 2. The van der Waals surface area contributed by atoms with Gasteiger partial charge in [0, 0.05) is 5.92 Å². The molecule has 1 aromatic carbocycles. The molecule has 2 amide bonds. The van der Waals surface area contributed by atoms with E-state index in [1.807, 2.05) is 30.3 Å². The number of amides is 2. The molecular formula is C15H12BrNO2. The third kappa shape index (κ3) is 1.23. The first-order valence-corrected chi connectivity index (χ1v) is 7.24. The molecule has 1 heterocycles. The maximum absolute atomic E-state index is 12.7. The lowest BCUT2D eigenvalue weighted by Gasteiger charge is -2.26. The van der Waals surface area contributed by atoms with Gasteiger partial charge in [-0.25, -0.2) is 4.90 Å². The fourth-order valence-corrected chi connectivity index (χ4v) is 4.77. The van der Waals surface area contributed by atoms with E-state index in [1.165, 1.54) is 4.90 Å². The van der Waals surface area contributed by atoms with Crippen LogP contribution in [0.4, 0.5) is 5.69 Å². The van der Waals surface area contributed by atoms with E-state index < -0.39 is 4.32 Å². The first-order valence-electron chi connectivity index (χ1n) is 6.44. The van der Waals surface area contributed by atoms with Crippen molar-refractivity contribution in [1.82, 2.24) is 0 Å². The summed E-state index contributed by atoms with van der Waals surface area (Å²) in [6, 6.07) is 9.19. The Bertz CT molecular complexity index is 612. The number of rotatable bonds is 1. The summed E-state index contributed by atoms with van der Waals surface area (Å²) in [5.74, 6) is -0.0621. The number of nitrogens with zero attached hydrogens (tertiary/aromatic N) is 1. The van der Waals surface area contributed by atoms with Crippen LogP contribution < -0.4 is 4.90 Å². The number of hydrogen-bond acceptors (Lipinski definition) is 2. The molecule has 96 valence electrons. The number of carbonyl (C=O) groups excluding carboxylic acids is 2. The van der Waals surface area contributed by atoms with Gasteiger partial charge < -0.3 is 0 Å². The van der Waals surface area contributed by atoms with Crippen LogP contribution in [0, 0.1) is 17.8 Å². The van der Waals surface area contributed by atoms with Crippen molar-refractivity contribution in [3.8, 4) is 0 Å². The van der Waals surface area contributed by atoms with E-state index in [2.05, 4.69) is 28.1 Å². The second kappa shape index (κ2) is 3.57. The third-order valence-electron chi connectivity index (χ3n) is 4.57. The summed E-state index contributed by atoms with van der Waals surface area (Å²) in [4.78, 5) is 26.7. The summed E-state index contributed by atoms with van der Waals surface area (Å²) in [6.07, 6.45) is 5.08. The average Bonchev–Trinajstić information content (AvgIpc) is 3.04. The number of fused-ring (bicyclic) bond motifs is 5. The number of halogens is 1. The molecule has 4 rings (SSSR count). The van der Waals surface area contributed by atoms with Crippen LogP contribution in [0.15, 0.2) is 42.5 Å². The zero-order valence-corrected chi connectivity index (χ0v) is 11.7. The van der Waals surface area contributed by atoms with E-state index in [9.17, 15) is 9.59 Å². The van der Waals surface area contributed by atoms with Gasteiger partial charge in [0.1, 0.15) is 4.32 Å². The number of para-hydroxylation sites is 1. The Labute approximate surface area is 119 Å². The van der Waals surface area contributed by atoms with Crippen molar-refractivity contribution in [3.05, 3.63) is 42.5 Å². The second-order valence-electron chi connectivity index (χ2n) is 5.45. The quantitative estimate of drug-likeness (QED) is 0.453. The molecule has 0 aromatic heterocycles. The van der Waals surface area contributed by atoms with Gasteiger partial charge >= 0.3 is 0 Å². The van der Waals surface area contributed by atoms with Crippen molar-refractivity contribution in [2.75, 3.05) is 4.90 Å². The molecule has 19 heavy (non-hydrogen) atoms. The van der Waals surface area contributed by atoms with Crippen LogP contribution in [0.1, 0.15) is 6.42 Å². The minimum atomic E-state index is -0.709. The van der Waals surface area contributed by atoms with E-state index in [0.717, 1.165) is 6.42 Å². The molecule has 0 radical (unpaired) electrons. The van der Waals surface area contributed by atoms with Crippen molar-refractivity contribution in [3.63, 3.8) is 0 Å². The van der Waals surface area contributed by atoms with Gasteiger partial charge in [-0.2, -0.15) is 0 Å². The lowest BCUT2D eigenvalue weighted by Crippen LogP contribution is -2.41. The molecule has 0 unspecified atom stereocenters. The molecular weight excluding hydrogens is 306 g/mol. The van der Waals surface area contributed by atoms with Crippen molar-refractivity contribution in [1.29, 1.82) is 0 Å². The van der Waals surface area contributed by atoms with E-state index in [0.29, 0.717) is 5.69 Å². The SMILES string of the molecule is O=C1[C@H]2[C@H]3C=C[C@H](C3)[C@@]2(Br)C(=O)N1c1ccccc1. The maximum atomic E-state index is 12.7. The van der Waals surface area contributed by atoms with Gasteiger partial charge in [0.15, 0.2) is 0 Å². The predicted octanol–water partition coefficient (Wildman–Crippen LogP) is 2.52. The van der Waals surface area contributed by atoms with Gasteiger partial charge in [0.25, 0.3) is 5.91 Å². The number of benzene rings is 1. The number of hydrogen-bond donors (Lipinski definition) is 0. The van der Waals surface area contributed by atoms with Crippen LogP contribution in [0.2, 0.25) is 0 Å². The summed E-state index contributed by atoms with van der Waals surface area (Å²) in [7, 11) is 0. The van der Waals surface area contributed by atoms with E-state index in [4.69, 9.17) is 0 Å². The molecule has 2 aliphatic carbocycles. The van der Waals surface area contributed by atoms with E-state index >= 15 is 0 Å². The molecule has 4 heteroatoms. The molecule has 1 aliphatic heterocycles. The fourth-order valence-electron chi connectivity index (χ4n) is 3.71.